The molecular formula is C19H21F2N3O5. The minimum atomic E-state index is -3.09. The Morgan fingerprint density at radius 3 is 2.41 bits per heavy atom. The van der Waals surface area contributed by atoms with Crippen LogP contribution < -0.4 is 10.6 Å². The molecule has 2 heterocycles. The molecule has 0 bridgehead atoms. The molecule has 3 aliphatic rings. The van der Waals surface area contributed by atoms with E-state index in [0.29, 0.717) is 23.7 Å². The van der Waals surface area contributed by atoms with Crippen LogP contribution in [0.5, 0.6) is 0 Å². The second kappa shape index (κ2) is 6.11. The number of ketones is 1. The van der Waals surface area contributed by atoms with Gasteiger partial charge in [-0.25, -0.2) is 13.6 Å². The summed E-state index contributed by atoms with van der Waals surface area (Å²) >= 11 is 0. The molecule has 2 atom stereocenters. The fourth-order valence-corrected chi connectivity index (χ4v) is 4.77. The first-order valence-electron chi connectivity index (χ1n) is 9.33. The van der Waals surface area contributed by atoms with E-state index in [-0.39, 0.29) is 17.2 Å². The van der Waals surface area contributed by atoms with Gasteiger partial charge in [-0.2, -0.15) is 0 Å². The fraction of sp³-hybridized carbons (Fsp3) is 0.579. The molecule has 0 saturated heterocycles. The molecule has 2 aliphatic carbocycles. The Balaban J connectivity index is 1.66. The van der Waals surface area contributed by atoms with Gasteiger partial charge in [0, 0.05) is 38.0 Å². The molecule has 1 aliphatic heterocycles. The van der Waals surface area contributed by atoms with E-state index < -0.39 is 47.9 Å². The Hall–Kier alpha value is -2.78. The molecule has 0 radical (unpaired) electrons. The van der Waals surface area contributed by atoms with Crippen molar-refractivity contribution in [3.8, 4) is 0 Å². The number of fused-ring (bicyclic) bond motifs is 3. The van der Waals surface area contributed by atoms with Crippen LogP contribution in [0.25, 0.3) is 0 Å². The molecule has 2 amide bonds. The van der Waals surface area contributed by atoms with E-state index in [1.54, 1.807) is 11.5 Å². The SMILES string of the molecule is CNC(=O)C1(NC(=O)C(=O)c2c(C)c(C(=O)OC)n3c2C2C[C@@H]2C3)CC(F)(F)C1. The third kappa shape index (κ3) is 2.76. The van der Waals surface area contributed by atoms with Crippen LogP contribution in [0.2, 0.25) is 0 Å². The monoisotopic (exact) mass is 409 g/mol. The predicted molar refractivity (Wildman–Crippen MR) is 94.8 cm³/mol. The number of nitrogens with zero attached hydrogens (tertiary/aromatic N) is 1. The number of carbonyl (C=O) groups excluding carboxylic acids is 4. The average molecular weight is 409 g/mol. The summed E-state index contributed by atoms with van der Waals surface area (Å²) in [5.41, 5.74) is -0.561. The number of nitrogens with one attached hydrogen (secondary N) is 2. The van der Waals surface area contributed by atoms with E-state index in [2.05, 4.69) is 10.6 Å². The van der Waals surface area contributed by atoms with Gasteiger partial charge in [0.15, 0.2) is 0 Å². The average Bonchev–Trinajstić information content (AvgIpc) is 3.22. The minimum absolute atomic E-state index is 0.0831. The molecular weight excluding hydrogens is 388 g/mol. The van der Waals surface area contributed by atoms with E-state index >= 15 is 0 Å². The van der Waals surface area contributed by atoms with Gasteiger partial charge in [0.2, 0.25) is 5.91 Å². The minimum Gasteiger partial charge on any atom is -0.464 e. The third-order valence-electron chi connectivity index (χ3n) is 6.19. The summed E-state index contributed by atoms with van der Waals surface area (Å²) in [6, 6.07) is 0. The van der Waals surface area contributed by atoms with Crippen molar-refractivity contribution >= 4 is 23.6 Å². The van der Waals surface area contributed by atoms with Gasteiger partial charge in [-0.05, 0) is 24.8 Å². The number of methoxy groups -OCH3 is 1. The summed E-state index contributed by atoms with van der Waals surface area (Å²) < 4.78 is 33.5. The fourth-order valence-electron chi connectivity index (χ4n) is 4.77. The van der Waals surface area contributed by atoms with E-state index in [0.717, 1.165) is 6.42 Å². The van der Waals surface area contributed by atoms with Crippen LogP contribution in [0.15, 0.2) is 0 Å². The Labute approximate surface area is 164 Å². The highest BCUT2D eigenvalue weighted by Gasteiger charge is 2.62. The first-order valence-corrected chi connectivity index (χ1v) is 9.33. The van der Waals surface area contributed by atoms with Gasteiger partial charge >= 0.3 is 5.97 Å². The van der Waals surface area contributed by atoms with Crippen LogP contribution in [-0.2, 0) is 20.9 Å². The summed E-state index contributed by atoms with van der Waals surface area (Å²) in [5, 5.41) is 4.49. The second-order valence-corrected chi connectivity index (χ2v) is 8.09. The van der Waals surface area contributed by atoms with E-state index in [1.165, 1.54) is 14.2 Å². The maximum absolute atomic E-state index is 13.5. The zero-order chi connectivity index (χ0) is 21.3. The molecule has 10 heteroatoms. The number of alkyl halides is 2. The maximum Gasteiger partial charge on any atom is 0.354 e. The zero-order valence-corrected chi connectivity index (χ0v) is 16.2. The number of amides is 2. The number of likely N-dealkylation sites (N-methyl/N-ethyl adjacent to an activating group) is 1. The summed E-state index contributed by atoms with van der Waals surface area (Å²) in [7, 11) is 2.50. The Kier molecular flexibility index (Phi) is 4.11. The van der Waals surface area contributed by atoms with Gasteiger partial charge in [0.05, 0.1) is 12.7 Å². The number of Topliss-reactive ketones (excluding diaryl/α,β-unsaturated/α-hetero) is 1. The molecule has 1 aromatic rings. The molecule has 8 nitrogen and oxygen atoms in total. The molecule has 0 aromatic carbocycles. The van der Waals surface area contributed by atoms with Crippen LogP contribution in [-0.4, -0.2) is 53.8 Å². The Bertz CT molecular complexity index is 960. The van der Waals surface area contributed by atoms with Crippen molar-refractivity contribution in [1.29, 1.82) is 0 Å². The molecule has 4 rings (SSSR count). The van der Waals surface area contributed by atoms with Crippen molar-refractivity contribution in [2.24, 2.45) is 5.92 Å². The predicted octanol–water partition coefficient (Wildman–Crippen LogP) is 0.913. The van der Waals surface area contributed by atoms with E-state index in [9.17, 15) is 28.0 Å². The molecule has 2 fully saturated rings. The van der Waals surface area contributed by atoms with Crippen molar-refractivity contribution in [3.05, 3.63) is 22.5 Å². The van der Waals surface area contributed by atoms with Gasteiger partial charge in [0.1, 0.15) is 11.2 Å². The summed E-state index contributed by atoms with van der Waals surface area (Å²) in [4.78, 5) is 50.0. The van der Waals surface area contributed by atoms with Crippen LogP contribution in [0.3, 0.4) is 0 Å². The quantitative estimate of drug-likeness (QED) is 0.427. The van der Waals surface area contributed by atoms with Gasteiger partial charge in [-0.15, -0.1) is 0 Å². The maximum atomic E-state index is 13.5. The van der Waals surface area contributed by atoms with Crippen molar-refractivity contribution in [2.45, 2.75) is 50.1 Å². The number of hydrogen-bond donors (Lipinski definition) is 2. The van der Waals surface area contributed by atoms with Gasteiger partial charge in [0.25, 0.3) is 17.6 Å². The van der Waals surface area contributed by atoms with E-state index in [1.807, 2.05) is 0 Å². The standard InChI is InChI=1S/C19H21F2N3O5/c1-8-11(13-10-4-9(10)5-24(13)12(8)16(27)29-3)14(25)15(26)23-18(17(28)22-2)6-19(20,21)7-18/h9-10H,4-7H2,1-3H3,(H,22,28)(H,23,26)/t9-,10?/m1/s1. The third-order valence-corrected chi connectivity index (χ3v) is 6.19. The molecule has 2 saturated carbocycles. The highest BCUT2D eigenvalue weighted by Crippen LogP contribution is 2.56. The second-order valence-electron chi connectivity index (χ2n) is 8.09. The number of aromatic nitrogens is 1. The largest absolute Gasteiger partial charge is 0.464 e. The lowest BCUT2D eigenvalue weighted by Crippen LogP contribution is -2.69. The first kappa shape index (κ1) is 19.5. The van der Waals surface area contributed by atoms with Crippen molar-refractivity contribution in [3.63, 3.8) is 0 Å². The molecule has 1 unspecified atom stereocenters. The molecule has 156 valence electrons. The number of ether oxygens (including phenoxy) is 1. The molecule has 29 heavy (non-hydrogen) atoms. The number of halogens is 2. The molecule has 1 aromatic heterocycles. The first-order chi connectivity index (χ1) is 13.5. The highest BCUT2D eigenvalue weighted by molar-refractivity contribution is 6.44. The normalized spacial score (nSPS) is 24.6. The summed E-state index contributed by atoms with van der Waals surface area (Å²) in [6.45, 7) is 2.12. The van der Waals surface area contributed by atoms with Crippen molar-refractivity contribution < 1.29 is 32.7 Å². The van der Waals surface area contributed by atoms with Gasteiger partial charge < -0.3 is 19.9 Å². The van der Waals surface area contributed by atoms with Crippen LogP contribution in [0, 0.1) is 12.8 Å². The number of hydrogen-bond acceptors (Lipinski definition) is 5. The lowest BCUT2D eigenvalue weighted by atomic mass is 9.72. The Morgan fingerprint density at radius 2 is 1.86 bits per heavy atom. The van der Waals surface area contributed by atoms with E-state index in [4.69, 9.17) is 4.74 Å². The number of esters is 1. The lowest BCUT2D eigenvalue weighted by Gasteiger charge is -2.45. The number of carbonyl (C=O) groups is 4. The number of rotatable bonds is 5. The van der Waals surface area contributed by atoms with Gasteiger partial charge in [-0.3, -0.25) is 14.4 Å². The van der Waals surface area contributed by atoms with Gasteiger partial charge in [-0.1, -0.05) is 0 Å². The van der Waals surface area contributed by atoms with Crippen LogP contribution in [0.4, 0.5) is 8.78 Å². The topological polar surface area (TPSA) is 106 Å². The smallest absolute Gasteiger partial charge is 0.354 e. The summed E-state index contributed by atoms with van der Waals surface area (Å²) in [6.07, 6.45) is -0.881. The van der Waals surface area contributed by atoms with Crippen molar-refractivity contribution in [1.82, 2.24) is 15.2 Å². The summed E-state index contributed by atoms with van der Waals surface area (Å²) in [5.74, 6) is -6.15. The molecule has 2 N–H and O–H groups in total. The Morgan fingerprint density at radius 1 is 1.21 bits per heavy atom. The zero-order valence-electron chi connectivity index (χ0n) is 16.2. The lowest BCUT2D eigenvalue weighted by molar-refractivity contribution is -0.164. The highest BCUT2D eigenvalue weighted by atomic mass is 19.3. The van der Waals surface area contributed by atoms with Crippen LogP contribution >= 0.6 is 0 Å². The van der Waals surface area contributed by atoms with Crippen LogP contribution in [0.1, 0.15) is 57.3 Å². The van der Waals surface area contributed by atoms with Crippen molar-refractivity contribution in [2.75, 3.05) is 14.2 Å². The molecule has 0 spiro atoms.